The highest BCUT2D eigenvalue weighted by Crippen LogP contribution is 2.21. The van der Waals surface area contributed by atoms with Crippen LogP contribution in [0.2, 0.25) is 0 Å². The van der Waals surface area contributed by atoms with Gasteiger partial charge in [0, 0.05) is 12.2 Å². The van der Waals surface area contributed by atoms with Crippen LogP contribution in [-0.4, -0.2) is 47.4 Å². The molecule has 2 aromatic carbocycles. The molecular weight excluding hydrogens is 378 g/mol. The summed E-state index contributed by atoms with van der Waals surface area (Å²) in [6, 6.07) is 17.1. The summed E-state index contributed by atoms with van der Waals surface area (Å²) in [5.74, 6) is 0.422. The molecule has 7 nitrogen and oxygen atoms in total. The van der Waals surface area contributed by atoms with Gasteiger partial charge in [-0.15, -0.1) is 0 Å². The van der Waals surface area contributed by atoms with Crippen LogP contribution in [0.5, 0.6) is 5.75 Å². The Balaban J connectivity index is 1.32. The van der Waals surface area contributed by atoms with E-state index in [1.54, 1.807) is 0 Å². The molecule has 0 aromatic heterocycles. The lowest BCUT2D eigenvalue weighted by Crippen LogP contribution is -2.32. The second kappa shape index (κ2) is 10.1. The van der Waals surface area contributed by atoms with Crippen molar-refractivity contribution in [3.05, 3.63) is 60.2 Å². The Kier molecular flexibility index (Phi) is 7.30. The van der Waals surface area contributed by atoms with Crippen molar-refractivity contribution >= 4 is 28.6 Å². The number of nitrogens with one attached hydrogen (secondary N) is 3. The molecular formula is C20H23N3O4S. The number of anilines is 1. The van der Waals surface area contributed by atoms with E-state index in [9.17, 15) is 14.7 Å². The third kappa shape index (κ3) is 6.26. The molecule has 0 spiro atoms. The SMILES string of the molecule is O=C1NC(=O)C(Nc2ccc(CCNCC(O)COc3ccccc3)cc2)S1. The van der Waals surface area contributed by atoms with Crippen LogP contribution in [-0.2, 0) is 11.2 Å². The Morgan fingerprint density at radius 1 is 1.11 bits per heavy atom. The van der Waals surface area contributed by atoms with Crippen molar-refractivity contribution in [3.8, 4) is 5.75 Å². The van der Waals surface area contributed by atoms with Crippen LogP contribution >= 0.6 is 11.8 Å². The van der Waals surface area contributed by atoms with E-state index in [0.29, 0.717) is 6.54 Å². The molecule has 148 valence electrons. The summed E-state index contributed by atoms with van der Waals surface area (Å²) in [4.78, 5) is 22.7. The molecule has 2 amide bonds. The Labute approximate surface area is 167 Å². The molecule has 0 saturated carbocycles. The van der Waals surface area contributed by atoms with Crippen LogP contribution < -0.4 is 20.7 Å². The van der Waals surface area contributed by atoms with Crippen LogP contribution in [0.15, 0.2) is 54.6 Å². The summed E-state index contributed by atoms with van der Waals surface area (Å²) in [5.41, 5.74) is 1.92. The molecule has 0 radical (unpaired) electrons. The van der Waals surface area contributed by atoms with E-state index in [4.69, 9.17) is 4.74 Å². The number of hydrogen-bond acceptors (Lipinski definition) is 7. The molecule has 0 bridgehead atoms. The second-order valence-corrected chi connectivity index (χ2v) is 7.43. The Hall–Kier alpha value is -2.55. The average Bonchev–Trinajstić information content (AvgIpc) is 3.02. The van der Waals surface area contributed by atoms with Gasteiger partial charge in [-0.25, -0.2) is 0 Å². The fourth-order valence-corrected chi connectivity index (χ4v) is 3.37. The van der Waals surface area contributed by atoms with Crippen molar-refractivity contribution in [2.45, 2.75) is 17.9 Å². The molecule has 28 heavy (non-hydrogen) atoms. The van der Waals surface area contributed by atoms with Crippen molar-refractivity contribution < 1.29 is 19.4 Å². The molecule has 8 heteroatoms. The molecule has 2 atom stereocenters. The van der Waals surface area contributed by atoms with Gasteiger partial charge in [0.2, 0.25) is 0 Å². The summed E-state index contributed by atoms with van der Waals surface area (Å²) in [6.07, 6.45) is 0.230. The van der Waals surface area contributed by atoms with E-state index in [0.717, 1.165) is 41.7 Å². The van der Waals surface area contributed by atoms with Gasteiger partial charge in [0.25, 0.3) is 11.1 Å². The van der Waals surface area contributed by atoms with Gasteiger partial charge in [-0.2, -0.15) is 0 Å². The summed E-state index contributed by atoms with van der Waals surface area (Å²) < 4.78 is 5.52. The van der Waals surface area contributed by atoms with Gasteiger partial charge in [0.15, 0.2) is 5.37 Å². The maximum absolute atomic E-state index is 11.6. The minimum Gasteiger partial charge on any atom is -0.491 e. The highest BCUT2D eigenvalue weighted by Gasteiger charge is 2.31. The number of thioether (sulfide) groups is 1. The normalized spacial score (nSPS) is 17.2. The number of aliphatic hydroxyl groups excluding tert-OH is 1. The number of amides is 2. The zero-order chi connectivity index (χ0) is 19.8. The van der Waals surface area contributed by atoms with Crippen molar-refractivity contribution in [2.75, 3.05) is 25.0 Å². The van der Waals surface area contributed by atoms with E-state index < -0.39 is 11.5 Å². The van der Waals surface area contributed by atoms with E-state index in [1.807, 2.05) is 54.6 Å². The second-order valence-electron chi connectivity index (χ2n) is 6.35. The number of benzene rings is 2. The van der Waals surface area contributed by atoms with Crippen LogP contribution in [0.25, 0.3) is 0 Å². The summed E-state index contributed by atoms with van der Waals surface area (Å²) in [6.45, 7) is 1.42. The number of para-hydroxylation sites is 1. The third-order valence-electron chi connectivity index (χ3n) is 4.10. The smallest absolute Gasteiger partial charge is 0.288 e. The lowest BCUT2D eigenvalue weighted by atomic mass is 10.1. The first kappa shape index (κ1) is 20.2. The first-order chi connectivity index (χ1) is 13.6. The summed E-state index contributed by atoms with van der Waals surface area (Å²) in [5, 5.41) is 17.5. The number of aliphatic hydroxyl groups is 1. The van der Waals surface area contributed by atoms with Crippen LogP contribution in [0.3, 0.4) is 0 Å². The van der Waals surface area contributed by atoms with Gasteiger partial charge in [-0.1, -0.05) is 30.3 Å². The van der Waals surface area contributed by atoms with E-state index >= 15 is 0 Å². The van der Waals surface area contributed by atoms with Gasteiger partial charge < -0.3 is 20.5 Å². The molecule has 2 unspecified atom stereocenters. The van der Waals surface area contributed by atoms with Gasteiger partial charge in [0.1, 0.15) is 18.5 Å². The van der Waals surface area contributed by atoms with Gasteiger partial charge in [-0.05, 0) is 54.6 Å². The zero-order valence-electron chi connectivity index (χ0n) is 15.3. The molecule has 0 aliphatic carbocycles. The first-order valence-electron chi connectivity index (χ1n) is 9.04. The lowest BCUT2D eigenvalue weighted by Gasteiger charge is -2.13. The number of hydrogen-bond donors (Lipinski definition) is 4. The number of rotatable bonds is 10. The number of carbonyl (C=O) groups is 2. The van der Waals surface area contributed by atoms with Gasteiger partial charge in [0.05, 0.1) is 0 Å². The average molecular weight is 401 g/mol. The first-order valence-corrected chi connectivity index (χ1v) is 9.92. The van der Waals surface area contributed by atoms with Crippen molar-refractivity contribution in [1.29, 1.82) is 0 Å². The number of ether oxygens (including phenoxy) is 1. The number of imide groups is 1. The summed E-state index contributed by atoms with van der Waals surface area (Å²) in [7, 11) is 0. The predicted octanol–water partition coefficient (Wildman–Crippen LogP) is 1.98. The molecule has 4 N–H and O–H groups in total. The number of carbonyl (C=O) groups excluding carboxylic acids is 2. The predicted molar refractivity (Wildman–Crippen MR) is 109 cm³/mol. The highest BCUT2D eigenvalue weighted by molar-refractivity contribution is 8.15. The molecule has 1 aliphatic heterocycles. The Bertz CT molecular complexity index is 786. The Morgan fingerprint density at radius 3 is 2.54 bits per heavy atom. The van der Waals surface area contributed by atoms with E-state index in [2.05, 4.69) is 16.0 Å². The topological polar surface area (TPSA) is 99.7 Å². The van der Waals surface area contributed by atoms with Gasteiger partial charge in [-0.3, -0.25) is 14.9 Å². The third-order valence-corrected chi connectivity index (χ3v) is 4.98. The molecule has 1 saturated heterocycles. The van der Waals surface area contributed by atoms with Crippen molar-refractivity contribution in [1.82, 2.24) is 10.6 Å². The monoisotopic (exact) mass is 401 g/mol. The zero-order valence-corrected chi connectivity index (χ0v) is 16.1. The van der Waals surface area contributed by atoms with Crippen LogP contribution in [0, 0.1) is 0 Å². The molecule has 2 aromatic rings. The van der Waals surface area contributed by atoms with Crippen LogP contribution in [0.1, 0.15) is 5.56 Å². The standard InChI is InChI=1S/C20H23N3O4S/c24-16(13-27-17-4-2-1-3-5-17)12-21-11-10-14-6-8-15(9-7-14)22-19-18(25)23-20(26)28-19/h1-9,16,19,21-22,24H,10-13H2,(H,23,25,26). The molecule has 1 fully saturated rings. The largest absolute Gasteiger partial charge is 0.491 e. The minimum atomic E-state index is -0.584. The highest BCUT2D eigenvalue weighted by atomic mass is 32.2. The van der Waals surface area contributed by atoms with Crippen LogP contribution in [0.4, 0.5) is 10.5 Å². The van der Waals surface area contributed by atoms with Crippen molar-refractivity contribution in [3.63, 3.8) is 0 Å². The molecule has 3 rings (SSSR count). The lowest BCUT2D eigenvalue weighted by molar-refractivity contribution is -0.118. The molecule has 1 aliphatic rings. The van der Waals surface area contributed by atoms with E-state index in [-0.39, 0.29) is 17.8 Å². The minimum absolute atomic E-state index is 0.243. The fourth-order valence-electron chi connectivity index (χ4n) is 2.64. The van der Waals surface area contributed by atoms with E-state index in [1.165, 1.54) is 0 Å². The van der Waals surface area contributed by atoms with Gasteiger partial charge >= 0.3 is 0 Å². The molecule has 1 heterocycles. The quantitative estimate of drug-likeness (QED) is 0.452. The Morgan fingerprint density at radius 2 is 1.86 bits per heavy atom. The maximum Gasteiger partial charge on any atom is 0.288 e. The maximum atomic E-state index is 11.6. The summed E-state index contributed by atoms with van der Waals surface area (Å²) >= 11 is 0.940. The fraction of sp³-hybridized carbons (Fsp3) is 0.300. The van der Waals surface area contributed by atoms with Crippen molar-refractivity contribution in [2.24, 2.45) is 0 Å².